The van der Waals surface area contributed by atoms with E-state index in [4.69, 9.17) is 10.00 Å². The first kappa shape index (κ1) is 11.4. The molecule has 0 spiro atoms. The standard InChI is InChI=1S/C10H19NO/c1-10(2)6-5-9-12-8-4-3-7-11/h10H,3-6,8-9H2,1-2H3. The van der Waals surface area contributed by atoms with Crippen molar-refractivity contribution in [2.24, 2.45) is 5.92 Å². The van der Waals surface area contributed by atoms with Crippen LogP contribution < -0.4 is 0 Å². The fourth-order valence-electron chi connectivity index (χ4n) is 0.949. The van der Waals surface area contributed by atoms with E-state index in [1.54, 1.807) is 0 Å². The van der Waals surface area contributed by atoms with Gasteiger partial charge >= 0.3 is 0 Å². The first-order valence-corrected chi connectivity index (χ1v) is 4.72. The van der Waals surface area contributed by atoms with Gasteiger partial charge in [-0.3, -0.25) is 0 Å². The van der Waals surface area contributed by atoms with Crippen molar-refractivity contribution in [3.63, 3.8) is 0 Å². The molecule has 0 aromatic heterocycles. The van der Waals surface area contributed by atoms with Crippen LogP contribution in [0.25, 0.3) is 0 Å². The van der Waals surface area contributed by atoms with Crippen molar-refractivity contribution >= 4 is 0 Å². The zero-order chi connectivity index (χ0) is 9.23. The highest BCUT2D eigenvalue weighted by Crippen LogP contribution is 2.03. The summed E-state index contributed by atoms with van der Waals surface area (Å²) in [4.78, 5) is 0. The van der Waals surface area contributed by atoms with Crippen molar-refractivity contribution in [1.82, 2.24) is 0 Å². The predicted octanol–water partition coefficient (Wildman–Crippen LogP) is 2.74. The third-order valence-corrected chi connectivity index (χ3v) is 1.65. The fourth-order valence-corrected chi connectivity index (χ4v) is 0.949. The molecule has 0 amide bonds. The van der Waals surface area contributed by atoms with Crippen LogP contribution in [0.5, 0.6) is 0 Å². The van der Waals surface area contributed by atoms with E-state index < -0.39 is 0 Å². The lowest BCUT2D eigenvalue weighted by molar-refractivity contribution is 0.126. The van der Waals surface area contributed by atoms with E-state index in [0.29, 0.717) is 6.42 Å². The molecule has 0 aliphatic carbocycles. The lowest BCUT2D eigenvalue weighted by Gasteiger charge is -2.04. The van der Waals surface area contributed by atoms with Crippen LogP contribution in [0.4, 0.5) is 0 Å². The molecule has 0 radical (unpaired) electrons. The van der Waals surface area contributed by atoms with Gasteiger partial charge in [-0.05, 0) is 25.2 Å². The first-order valence-electron chi connectivity index (χ1n) is 4.72. The summed E-state index contributed by atoms with van der Waals surface area (Å²) in [5, 5.41) is 8.24. The molecule has 12 heavy (non-hydrogen) atoms. The normalized spacial score (nSPS) is 10.2. The van der Waals surface area contributed by atoms with Crippen molar-refractivity contribution in [2.45, 2.75) is 39.5 Å². The van der Waals surface area contributed by atoms with Gasteiger partial charge in [-0.1, -0.05) is 13.8 Å². The summed E-state index contributed by atoms with van der Waals surface area (Å²) >= 11 is 0. The van der Waals surface area contributed by atoms with E-state index in [2.05, 4.69) is 19.9 Å². The molecule has 0 aliphatic rings. The monoisotopic (exact) mass is 169 g/mol. The molecule has 0 aromatic carbocycles. The Balaban J connectivity index is 2.87. The minimum absolute atomic E-state index is 0.615. The van der Waals surface area contributed by atoms with Gasteiger partial charge in [0.15, 0.2) is 0 Å². The molecule has 0 unspecified atom stereocenters. The van der Waals surface area contributed by atoms with E-state index in [1.165, 1.54) is 6.42 Å². The van der Waals surface area contributed by atoms with Crippen molar-refractivity contribution < 1.29 is 4.74 Å². The molecule has 0 N–H and O–H groups in total. The van der Waals surface area contributed by atoms with Gasteiger partial charge in [0.25, 0.3) is 0 Å². The Bertz CT molecular complexity index is 126. The van der Waals surface area contributed by atoms with Gasteiger partial charge in [0.05, 0.1) is 6.07 Å². The van der Waals surface area contributed by atoms with Gasteiger partial charge in [0.1, 0.15) is 0 Å². The summed E-state index contributed by atoms with van der Waals surface area (Å²) in [6, 6.07) is 2.10. The Labute approximate surface area is 75.5 Å². The Morgan fingerprint density at radius 2 is 1.92 bits per heavy atom. The van der Waals surface area contributed by atoms with Crippen LogP contribution in [0.15, 0.2) is 0 Å². The number of rotatable bonds is 7. The Morgan fingerprint density at radius 3 is 2.50 bits per heavy atom. The molecule has 70 valence electrons. The van der Waals surface area contributed by atoms with E-state index in [9.17, 15) is 0 Å². The molecule has 0 saturated carbocycles. The quantitative estimate of drug-likeness (QED) is 0.549. The maximum absolute atomic E-state index is 8.24. The highest BCUT2D eigenvalue weighted by atomic mass is 16.5. The lowest BCUT2D eigenvalue weighted by Crippen LogP contribution is -1.98. The minimum atomic E-state index is 0.615. The van der Waals surface area contributed by atoms with Gasteiger partial charge in [-0.2, -0.15) is 5.26 Å². The topological polar surface area (TPSA) is 33.0 Å². The number of nitriles is 1. The zero-order valence-electron chi connectivity index (χ0n) is 8.18. The third kappa shape index (κ3) is 9.45. The summed E-state index contributed by atoms with van der Waals surface area (Å²) in [5.41, 5.74) is 0. The van der Waals surface area contributed by atoms with Crippen LogP contribution in [0.2, 0.25) is 0 Å². The van der Waals surface area contributed by atoms with Crippen molar-refractivity contribution in [2.75, 3.05) is 13.2 Å². The van der Waals surface area contributed by atoms with Crippen LogP contribution in [-0.4, -0.2) is 13.2 Å². The van der Waals surface area contributed by atoms with Crippen molar-refractivity contribution in [3.05, 3.63) is 0 Å². The summed E-state index contributed by atoms with van der Waals surface area (Å²) in [6.45, 7) is 6.03. The van der Waals surface area contributed by atoms with Gasteiger partial charge in [0, 0.05) is 19.6 Å². The van der Waals surface area contributed by atoms with E-state index in [1.807, 2.05) is 0 Å². The van der Waals surface area contributed by atoms with Gasteiger partial charge in [-0.15, -0.1) is 0 Å². The second kappa shape index (κ2) is 8.55. The molecule has 0 aliphatic heterocycles. The first-order chi connectivity index (χ1) is 5.77. The zero-order valence-corrected chi connectivity index (χ0v) is 8.18. The molecule has 0 bridgehead atoms. The van der Waals surface area contributed by atoms with Crippen LogP contribution in [-0.2, 0) is 4.74 Å². The summed E-state index contributed by atoms with van der Waals surface area (Å²) in [5.74, 6) is 0.771. The van der Waals surface area contributed by atoms with Crippen molar-refractivity contribution in [3.8, 4) is 6.07 Å². The summed E-state index contributed by atoms with van der Waals surface area (Å²) in [7, 11) is 0. The number of unbranched alkanes of at least 4 members (excludes halogenated alkanes) is 1. The molecule has 0 atom stereocenters. The second-order valence-electron chi connectivity index (χ2n) is 3.41. The SMILES string of the molecule is CC(C)CCCOCCCC#N. The second-order valence-corrected chi connectivity index (χ2v) is 3.41. The molecule has 2 nitrogen and oxygen atoms in total. The maximum Gasteiger partial charge on any atom is 0.0622 e. The van der Waals surface area contributed by atoms with Gasteiger partial charge in [0.2, 0.25) is 0 Å². The minimum Gasteiger partial charge on any atom is -0.381 e. The predicted molar refractivity (Wildman–Crippen MR) is 49.7 cm³/mol. The number of nitrogens with zero attached hydrogens (tertiary/aromatic N) is 1. The van der Waals surface area contributed by atoms with Crippen LogP contribution in [0.1, 0.15) is 39.5 Å². The average Bonchev–Trinajstić information content (AvgIpc) is 2.02. The Kier molecular flexibility index (Phi) is 8.15. The average molecular weight is 169 g/mol. The molecule has 0 fully saturated rings. The fraction of sp³-hybridized carbons (Fsp3) is 0.900. The van der Waals surface area contributed by atoms with Crippen LogP contribution >= 0.6 is 0 Å². The molecular weight excluding hydrogens is 150 g/mol. The highest BCUT2D eigenvalue weighted by molar-refractivity contribution is 4.67. The van der Waals surface area contributed by atoms with Crippen LogP contribution in [0.3, 0.4) is 0 Å². The summed E-state index contributed by atoms with van der Waals surface area (Å²) < 4.78 is 5.34. The molecular formula is C10H19NO. The Hall–Kier alpha value is -0.550. The van der Waals surface area contributed by atoms with Gasteiger partial charge in [-0.25, -0.2) is 0 Å². The van der Waals surface area contributed by atoms with E-state index >= 15 is 0 Å². The largest absolute Gasteiger partial charge is 0.381 e. The Morgan fingerprint density at radius 1 is 1.25 bits per heavy atom. The molecule has 0 aromatic rings. The van der Waals surface area contributed by atoms with Crippen LogP contribution in [0, 0.1) is 17.2 Å². The van der Waals surface area contributed by atoms with E-state index in [-0.39, 0.29) is 0 Å². The number of hydrogen-bond donors (Lipinski definition) is 0. The smallest absolute Gasteiger partial charge is 0.0622 e. The summed E-state index contributed by atoms with van der Waals surface area (Å²) in [6.07, 6.45) is 3.87. The molecule has 2 heteroatoms. The van der Waals surface area contributed by atoms with E-state index in [0.717, 1.165) is 32.0 Å². The van der Waals surface area contributed by atoms with Gasteiger partial charge < -0.3 is 4.74 Å². The van der Waals surface area contributed by atoms with Crippen molar-refractivity contribution in [1.29, 1.82) is 5.26 Å². The molecule has 0 saturated heterocycles. The highest BCUT2D eigenvalue weighted by Gasteiger charge is 1.93. The number of ether oxygens (including phenoxy) is 1. The number of hydrogen-bond acceptors (Lipinski definition) is 2. The third-order valence-electron chi connectivity index (χ3n) is 1.65. The molecule has 0 heterocycles. The molecule has 0 rings (SSSR count). The lowest BCUT2D eigenvalue weighted by atomic mass is 10.1. The maximum atomic E-state index is 8.24.